The molecule has 0 radical (unpaired) electrons. The summed E-state index contributed by atoms with van der Waals surface area (Å²) >= 11 is 0. The van der Waals surface area contributed by atoms with Crippen LogP contribution >= 0.6 is 0 Å². The van der Waals surface area contributed by atoms with Crippen LogP contribution in [0.1, 0.15) is 27.9 Å². The summed E-state index contributed by atoms with van der Waals surface area (Å²) in [4.78, 5) is 12.4. The number of para-hydroxylation sites is 1. The zero-order valence-corrected chi connectivity index (χ0v) is 11.7. The van der Waals surface area contributed by atoms with Crippen molar-refractivity contribution in [2.24, 2.45) is 0 Å². The topological polar surface area (TPSA) is 61.4 Å². The van der Waals surface area contributed by atoms with Gasteiger partial charge in [-0.1, -0.05) is 24.3 Å². The van der Waals surface area contributed by atoms with E-state index in [1.807, 2.05) is 24.3 Å². The minimum Gasteiger partial charge on any atom is -0.508 e. The summed E-state index contributed by atoms with van der Waals surface area (Å²) in [5.41, 5.74) is 3.57. The van der Waals surface area contributed by atoms with Gasteiger partial charge in [0.1, 0.15) is 5.75 Å². The number of phenolic OH excluding ortho intramolecular Hbond substituents is 1. The van der Waals surface area contributed by atoms with Gasteiger partial charge in [-0.2, -0.15) is 0 Å². The Morgan fingerprint density at radius 3 is 2.90 bits per heavy atom. The Hall–Kier alpha value is -2.49. The summed E-state index contributed by atoms with van der Waals surface area (Å²) in [7, 11) is 0. The lowest BCUT2D eigenvalue weighted by Gasteiger charge is -2.20. The number of anilines is 1. The number of benzene rings is 2. The predicted octanol–water partition coefficient (Wildman–Crippen LogP) is 2.68. The first-order valence-corrected chi connectivity index (χ1v) is 7.16. The molecule has 0 saturated carbocycles. The van der Waals surface area contributed by atoms with E-state index in [1.54, 1.807) is 18.2 Å². The molecule has 21 heavy (non-hydrogen) atoms. The fourth-order valence-corrected chi connectivity index (χ4v) is 2.65. The molecule has 2 aromatic rings. The van der Waals surface area contributed by atoms with Crippen LogP contribution in [-0.2, 0) is 13.0 Å². The number of nitrogens with one attached hydrogen (secondary N) is 2. The molecule has 0 unspecified atom stereocenters. The minimum atomic E-state index is -0.0983. The van der Waals surface area contributed by atoms with Crippen LogP contribution in [0, 0.1) is 0 Å². The average molecular weight is 282 g/mol. The second kappa shape index (κ2) is 5.87. The summed E-state index contributed by atoms with van der Waals surface area (Å²) in [5.74, 6) is 0.105. The lowest BCUT2D eigenvalue weighted by molar-refractivity contribution is 0.0950. The van der Waals surface area contributed by atoms with Crippen LogP contribution in [0.25, 0.3) is 0 Å². The van der Waals surface area contributed by atoms with E-state index in [9.17, 15) is 9.90 Å². The molecule has 0 spiro atoms. The van der Waals surface area contributed by atoms with Crippen LogP contribution in [0.3, 0.4) is 0 Å². The number of hydrogen-bond donors (Lipinski definition) is 3. The molecule has 108 valence electrons. The fraction of sp³-hybridized carbons (Fsp3) is 0.235. The van der Waals surface area contributed by atoms with Crippen molar-refractivity contribution in [1.29, 1.82) is 0 Å². The molecule has 0 fully saturated rings. The lowest BCUT2D eigenvalue weighted by Crippen LogP contribution is -2.25. The van der Waals surface area contributed by atoms with Gasteiger partial charge in [-0.25, -0.2) is 0 Å². The van der Waals surface area contributed by atoms with Crippen molar-refractivity contribution >= 4 is 11.6 Å². The lowest BCUT2D eigenvalue weighted by atomic mass is 9.97. The third-order valence-corrected chi connectivity index (χ3v) is 3.77. The Kier molecular flexibility index (Phi) is 3.77. The van der Waals surface area contributed by atoms with E-state index >= 15 is 0 Å². The number of rotatable bonds is 3. The maximum Gasteiger partial charge on any atom is 0.251 e. The SMILES string of the molecule is O=C(NCc1ccccc1O)c1cccc2c1CCCN2. The van der Waals surface area contributed by atoms with Crippen LogP contribution in [0.5, 0.6) is 5.75 Å². The molecule has 0 saturated heterocycles. The standard InChI is InChI=1S/C17H18N2O2/c20-16-9-2-1-5-12(16)11-19-17(21)14-6-3-8-15-13(14)7-4-10-18-15/h1-3,5-6,8-9,18,20H,4,7,10-11H2,(H,19,21). The first kappa shape index (κ1) is 13.5. The highest BCUT2D eigenvalue weighted by Crippen LogP contribution is 2.25. The van der Waals surface area contributed by atoms with Gasteiger partial charge in [0, 0.05) is 29.9 Å². The molecule has 2 aromatic carbocycles. The summed E-state index contributed by atoms with van der Waals surface area (Å²) < 4.78 is 0. The highest BCUT2D eigenvalue weighted by Gasteiger charge is 2.17. The van der Waals surface area contributed by atoms with Crippen molar-refractivity contribution < 1.29 is 9.90 Å². The van der Waals surface area contributed by atoms with Crippen molar-refractivity contribution in [3.05, 3.63) is 59.2 Å². The first-order chi connectivity index (χ1) is 10.3. The van der Waals surface area contributed by atoms with Crippen molar-refractivity contribution in [3.8, 4) is 5.75 Å². The first-order valence-electron chi connectivity index (χ1n) is 7.16. The normalized spacial score (nSPS) is 13.1. The molecular formula is C17H18N2O2. The van der Waals surface area contributed by atoms with Crippen LogP contribution < -0.4 is 10.6 Å². The van der Waals surface area contributed by atoms with E-state index in [0.717, 1.165) is 36.2 Å². The molecule has 4 heteroatoms. The van der Waals surface area contributed by atoms with Crippen molar-refractivity contribution in [1.82, 2.24) is 5.32 Å². The van der Waals surface area contributed by atoms with Crippen LogP contribution in [0.15, 0.2) is 42.5 Å². The predicted molar refractivity (Wildman–Crippen MR) is 82.5 cm³/mol. The van der Waals surface area contributed by atoms with Crippen molar-refractivity contribution in [2.75, 3.05) is 11.9 Å². The fourth-order valence-electron chi connectivity index (χ4n) is 2.65. The zero-order chi connectivity index (χ0) is 14.7. The molecule has 0 aliphatic carbocycles. The summed E-state index contributed by atoms with van der Waals surface area (Å²) in [5, 5.41) is 15.9. The Bertz CT molecular complexity index is 668. The molecule has 0 atom stereocenters. The zero-order valence-electron chi connectivity index (χ0n) is 11.7. The number of carbonyl (C=O) groups excluding carboxylic acids is 1. The van der Waals surface area contributed by atoms with E-state index in [1.165, 1.54) is 0 Å². The van der Waals surface area contributed by atoms with E-state index in [0.29, 0.717) is 12.1 Å². The van der Waals surface area contributed by atoms with E-state index in [2.05, 4.69) is 10.6 Å². The van der Waals surface area contributed by atoms with Gasteiger partial charge in [-0.05, 0) is 36.6 Å². The quantitative estimate of drug-likeness (QED) is 0.811. The third-order valence-electron chi connectivity index (χ3n) is 3.77. The maximum atomic E-state index is 12.4. The van der Waals surface area contributed by atoms with E-state index < -0.39 is 0 Å². The summed E-state index contributed by atoms with van der Waals surface area (Å²) in [6.45, 7) is 1.28. The van der Waals surface area contributed by atoms with Gasteiger partial charge < -0.3 is 15.7 Å². The molecule has 1 amide bonds. The van der Waals surface area contributed by atoms with Gasteiger partial charge in [-0.15, -0.1) is 0 Å². The van der Waals surface area contributed by atoms with Gasteiger partial charge in [0.2, 0.25) is 0 Å². The van der Waals surface area contributed by atoms with Crippen LogP contribution in [0.2, 0.25) is 0 Å². The number of fused-ring (bicyclic) bond motifs is 1. The molecule has 4 nitrogen and oxygen atoms in total. The van der Waals surface area contributed by atoms with Gasteiger partial charge in [0.05, 0.1) is 0 Å². The van der Waals surface area contributed by atoms with Gasteiger partial charge in [0.25, 0.3) is 5.91 Å². The Labute approximate surface area is 123 Å². The Morgan fingerprint density at radius 2 is 2.05 bits per heavy atom. The van der Waals surface area contributed by atoms with Gasteiger partial charge >= 0.3 is 0 Å². The molecule has 1 aliphatic heterocycles. The largest absolute Gasteiger partial charge is 0.508 e. The molecule has 1 heterocycles. The molecule has 0 aromatic heterocycles. The number of aromatic hydroxyl groups is 1. The monoisotopic (exact) mass is 282 g/mol. The molecular weight excluding hydrogens is 264 g/mol. The Balaban J connectivity index is 1.76. The number of phenols is 1. The van der Waals surface area contributed by atoms with Crippen molar-refractivity contribution in [3.63, 3.8) is 0 Å². The molecule has 3 rings (SSSR count). The van der Waals surface area contributed by atoms with Gasteiger partial charge in [0.15, 0.2) is 0 Å². The summed E-state index contributed by atoms with van der Waals surface area (Å²) in [6.07, 6.45) is 1.96. The highest BCUT2D eigenvalue weighted by molar-refractivity contribution is 5.97. The second-order valence-electron chi connectivity index (χ2n) is 5.17. The maximum absolute atomic E-state index is 12.4. The second-order valence-corrected chi connectivity index (χ2v) is 5.17. The van der Waals surface area contributed by atoms with E-state index in [4.69, 9.17) is 0 Å². The third kappa shape index (κ3) is 2.84. The van der Waals surface area contributed by atoms with Crippen LogP contribution in [0.4, 0.5) is 5.69 Å². The smallest absolute Gasteiger partial charge is 0.251 e. The molecule has 1 aliphatic rings. The van der Waals surface area contributed by atoms with Crippen molar-refractivity contribution in [2.45, 2.75) is 19.4 Å². The molecule has 3 N–H and O–H groups in total. The number of hydrogen-bond acceptors (Lipinski definition) is 3. The number of carbonyl (C=O) groups is 1. The Morgan fingerprint density at radius 1 is 1.19 bits per heavy atom. The number of amides is 1. The minimum absolute atomic E-state index is 0.0983. The molecule has 0 bridgehead atoms. The highest BCUT2D eigenvalue weighted by atomic mass is 16.3. The summed E-state index contributed by atoms with van der Waals surface area (Å²) in [6, 6.07) is 12.8. The van der Waals surface area contributed by atoms with Crippen LogP contribution in [-0.4, -0.2) is 17.6 Å². The van der Waals surface area contributed by atoms with Gasteiger partial charge in [-0.3, -0.25) is 4.79 Å². The average Bonchev–Trinajstić information content (AvgIpc) is 2.53. The van der Waals surface area contributed by atoms with E-state index in [-0.39, 0.29) is 11.7 Å².